The zero-order valence-corrected chi connectivity index (χ0v) is 11.5. The number of nitrogens with one attached hydrogen (secondary N) is 1. The monoisotopic (exact) mass is 262 g/mol. The molecule has 2 fully saturated rings. The predicted molar refractivity (Wildman–Crippen MR) is 74.8 cm³/mol. The minimum absolute atomic E-state index is 0.115. The fraction of sp³-hybridized carbons (Fsp3) is 0.600. The number of rotatable bonds is 4. The van der Waals surface area contributed by atoms with E-state index in [4.69, 9.17) is 9.47 Å². The molecule has 4 heteroatoms. The Labute approximate surface area is 114 Å². The van der Waals surface area contributed by atoms with Crippen LogP contribution < -0.4 is 10.1 Å². The van der Waals surface area contributed by atoms with Crippen molar-refractivity contribution < 1.29 is 9.47 Å². The SMILES string of the molecule is COc1ccccc1C1(CN2CCNCC2)COC1. The number of benzene rings is 1. The summed E-state index contributed by atoms with van der Waals surface area (Å²) in [5.74, 6) is 0.987. The van der Waals surface area contributed by atoms with E-state index in [0.29, 0.717) is 0 Å². The lowest BCUT2D eigenvalue weighted by molar-refractivity contribution is -0.0764. The van der Waals surface area contributed by atoms with Gasteiger partial charge >= 0.3 is 0 Å². The quantitative estimate of drug-likeness (QED) is 0.873. The molecule has 2 aliphatic rings. The second-order valence-electron chi connectivity index (χ2n) is 5.50. The molecule has 19 heavy (non-hydrogen) atoms. The first-order valence-corrected chi connectivity index (χ1v) is 6.98. The average Bonchev–Trinajstić information content (AvgIpc) is 2.44. The molecule has 3 rings (SSSR count). The van der Waals surface area contributed by atoms with Gasteiger partial charge in [0.2, 0.25) is 0 Å². The second-order valence-corrected chi connectivity index (χ2v) is 5.50. The van der Waals surface area contributed by atoms with E-state index in [-0.39, 0.29) is 5.41 Å². The molecule has 1 aromatic rings. The summed E-state index contributed by atoms with van der Waals surface area (Å²) in [7, 11) is 1.75. The summed E-state index contributed by atoms with van der Waals surface area (Å²) < 4.78 is 11.1. The van der Waals surface area contributed by atoms with Crippen LogP contribution in [0.5, 0.6) is 5.75 Å². The van der Waals surface area contributed by atoms with Crippen LogP contribution in [0.25, 0.3) is 0 Å². The molecule has 0 atom stereocenters. The highest BCUT2D eigenvalue weighted by atomic mass is 16.5. The zero-order chi connectivity index (χ0) is 13.1. The van der Waals surface area contributed by atoms with E-state index in [1.807, 2.05) is 12.1 Å². The first-order chi connectivity index (χ1) is 9.34. The van der Waals surface area contributed by atoms with E-state index in [0.717, 1.165) is 51.7 Å². The van der Waals surface area contributed by atoms with Gasteiger partial charge in [0.1, 0.15) is 5.75 Å². The molecule has 0 radical (unpaired) electrons. The van der Waals surface area contributed by atoms with Gasteiger partial charge in [0.25, 0.3) is 0 Å². The van der Waals surface area contributed by atoms with Crippen LogP contribution in [0.4, 0.5) is 0 Å². The standard InChI is InChI=1S/C15H22N2O2/c1-18-14-5-3-2-4-13(14)15(11-19-12-15)10-17-8-6-16-7-9-17/h2-5,16H,6-12H2,1H3. The van der Waals surface area contributed by atoms with E-state index < -0.39 is 0 Å². The normalized spacial score (nSPS) is 22.8. The number of ether oxygens (including phenoxy) is 2. The topological polar surface area (TPSA) is 33.7 Å². The molecule has 0 aliphatic carbocycles. The Morgan fingerprint density at radius 3 is 2.63 bits per heavy atom. The lowest BCUT2D eigenvalue weighted by Crippen LogP contribution is -2.57. The molecule has 2 aliphatic heterocycles. The van der Waals surface area contributed by atoms with Crippen molar-refractivity contribution in [2.24, 2.45) is 0 Å². The number of piperazine rings is 1. The van der Waals surface area contributed by atoms with E-state index in [9.17, 15) is 0 Å². The Morgan fingerprint density at radius 1 is 1.26 bits per heavy atom. The van der Waals surface area contributed by atoms with Crippen LogP contribution in [0.2, 0.25) is 0 Å². The van der Waals surface area contributed by atoms with Gasteiger partial charge in [0.15, 0.2) is 0 Å². The third-order valence-electron chi connectivity index (χ3n) is 4.17. The van der Waals surface area contributed by atoms with E-state index in [1.165, 1.54) is 5.56 Å². The summed E-state index contributed by atoms with van der Waals surface area (Å²) in [5, 5.41) is 3.40. The molecule has 4 nitrogen and oxygen atoms in total. The van der Waals surface area contributed by atoms with Gasteiger partial charge in [-0.15, -0.1) is 0 Å². The Balaban J connectivity index is 1.81. The highest BCUT2D eigenvalue weighted by molar-refractivity contribution is 5.41. The van der Waals surface area contributed by atoms with Crippen molar-refractivity contribution >= 4 is 0 Å². The zero-order valence-electron chi connectivity index (χ0n) is 11.5. The Kier molecular flexibility index (Phi) is 3.73. The number of methoxy groups -OCH3 is 1. The van der Waals surface area contributed by atoms with Crippen LogP contribution in [0.1, 0.15) is 5.56 Å². The largest absolute Gasteiger partial charge is 0.496 e. The maximum atomic E-state index is 5.54. The van der Waals surface area contributed by atoms with Crippen LogP contribution in [-0.4, -0.2) is 57.9 Å². The molecule has 0 aromatic heterocycles. The van der Waals surface area contributed by atoms with Gasteiger partial charge in [-0.3, -0.25) is 4.90 Å². The van der Waals surface area contributed by atoms with Crippen LogP contribution in [0, 0.1) is 0 Å². The van der Waals surface area contributed by atoms with Crippen molar-refractivity contribution in [3.05, 3.63) is 29.8 Å². The number of para-hydroxylation sites is 1. The minimum Gasteiger partial charge on any atom is -0.496 e. The smallest absolute Gasteiger partial charge is 0.122 e. The van der Waals surface area contributed by atoms with Gasteiger partial charge in [-0.1, -0.05) is 18.2 Å². The van der Waals surface area contributed by atoms with Gasteiger partial charge < -0.3 is 14.8 Å². The van der Waals surface area contributed by atoms with Gasteiger partial charge in [0, 0.05) is 38.3 Å². The van der Waals surface area contributed by atoms with Crippen LogP contribution in [0.3, 0.4) is 0 Å². The first kappa shape index (κ1) is 12.9. The van der Waals surface area contributed by atoms with Crippen LogP contribution in [-0.2, 0) is 10.2 Å². The summed E-state index contributed by atoms with van der Waals surface area (Å²) in [6, 6.07) is 8.35. The maximum Gasteiger partial charge on any atom is 0.122 e. The molecule has 0 bridgehead atoms. The van der Waals surface area contributed by atoms with E-state index >= 15 is 0 Å². The molecule has 0 saturated carbocycles. The van der Waals surface area contributed by atoms with Gasteiger partial charge in [-0.25, -0.2) is 0 Å². The summed E-state index contributed by atoms with van der Waals surface area (Å²) in [6.45, 7) is 7.09. The van der Waals surface area contributed by atoms with Crippen LogP contribution >= 0.6 is 0 Å². The Hall–Kier alpha value is -1.10. The molecule has 2 saturated heterocycles. The third kappa shape index (κ3) is 2.48. The molecule has 0 spiro atoms. The minimum atomic E-state index is 0.115. The molecule has 1 aromatic carbocycles. The molecule has 104 valence electrons. The summed E-state index contributed by atoms with van der Waals surface area (Å²) >= 11 is 0. The van der Waals surface area contributed by atoms with Crippen molar-refractivity contribution in [1.29, 1.82) is 0 Å². The predicted octanol–water partition coefficient (Wildman–Crippen LogP) is 0.868. The van der Waals surface area contributed by atoms with Crippen molar-refractivity contribution in [2.45, 2.75) is 5.41 Å². The van der Waals surface area contributed by atoms with Crippen molar-refractivity contribution in [3.63, 3.8) is 0 Å². The van der Waals surface area contributed by atoms with Gasteiger partial charge in [-0.05, 0) is 6.07 Å². The van der Waals surface area contributed by atoms with Crippen molar-refractivity contribution in [3.8, 4) is 5.75 Å². The Morgan fingerprint density at radius 2 is 2.00 bits per heavy atom. The van der Waals surface area contributed by atoms with Gasteiger partial charge in [-0.2, -0.15) is 0 Å². The van der Waals surface area contributed by atoms with E-state index in [2.05, 4.69) is 22.3 Å². The summed E-state index contributed by atoms with van der Waals surface area (Å²) in [6.07, 6.45) is 0. The fourth-order valence-corrected chi connectivity index (χ4v) is 3.06. The average molecular weight is 262 g/mol. The lowest BCUT2D eigenvalue weighted by atomic mass is 9.77. The first-order valence-electron chi connectivity index (χ1n) is 6.98. The van der Waals surface area contributed by atoms with Crippen molar-refractivity contribution in [2.75, 3.05) is 53.0 Å². The molecular formula is C15H22N2O2. The fourth-order valence-electron chi connectivity index (χ4n) is 3.06. The highest BCUT2D eigenvalue weighted by Crippen LogP contribution is 2.38. The molecule has 2 heterocycles. The molecule has 1 N–H and O–H groups in total. The molecular weight excluding hydrogens is 240 g/mol. The summed E-state index contributed by atoms with van der Waals surface area (Å²) in [5.41, 5.74) is 1.41. The third-order valence-corrected chi connectivity index (χ3v) is 4.17. The summed E-state index contributed by atoms with van der Waals surface area (Å²) in [4.78, 5) is 2.53. The maximum absolute atomic E-state index is 5.54. The number of hydrogen-bond donors (Lipinski definition) is 1. The van der Waals surface area contributed by atoms with Crippen LogP contribution in [0.15, 0.2) is 24.3 Å². The number of hydrogen-bond acceptors (Lipinski definition) is 4. The highest BCUT2D eigenvalue weighted by Gasteiger charge is 2.43. The van der Waals surface area contributed by atoms with Gasteiger partial charge in [0.05, 0.1) is 25.7 Å². The second kappa shape index (κ2) is 5.49. The lowest BCUT2D eigenvalue weighted by Gasteiger charge is -2.46. The van der Waals surface area contributed by atoms with E-state index in [1.54, 1.807) is 7.11 Å². The molecule has 0 amide bonds. The number of nitrogens with zero attached hydrogens (tertiary/aromatic N) is 1. The van der Waals surface area contributed by atoms with Crippen molar-refractivity contribution in [1.82, 2.24) is 10.2 Å². The molecule has 0 unspecified atom stereocenters. The Bertz CT molecular complexity index is 426.